The third-order valence-electron chi connectivity index (χ3n) is 6.64. The first-order valence-electron chi connectivity index (χ1n) is 13.2. The summed E-state index contributed by atoms with van der Waals surface area (Å²) >= 11 is 0. The summed E-state index contributed by atoms with van der Waals surface area (Å²) in [6.45, 7) is 5.78. The molecular formula is C26H36N4O8. The molecule has 3 aliphatic rings. The molecule has 1 aromatic rings. The van der Waals surface area contributed by atoms with Crippen LogP contribution in [0.15, 0.2) is 18.2 Å². The fourth-order valence-corrected chi connectivity index (χ4v) is 4.70. The van der Waals surface area contributed by atoms with Crippen molar-refractivity contribution in [3.63, 3.8) is 0 Å². The van der Waals surface area contributed by atoms with Crippen molar-refractivity contribution in [1.29, 1.82) is 0 Å². The summed E-state index contributed by atoms with van der Waals surface area (Å²) in [4.78, 5) is 50.6. The standard InChI is InChI=1S/C26H36N4O8/c31-22-5-4-21(24(32)29-22)30-25(33)19-2-1-3-20(23(19)26(30)34)28-10-11-35-12-13-36-14-15-37-16-17-38-18-6-8-27-9-7-18/h1-3,18,21,27-28H,4-17H2,(H,29,31,32). The van der Waals surface area contributed by atoms with E-state index in [9.17, 15) is 19.2 Å². The van der Waals surface area contributed by atoms with Gasteiger partial charge in [-0.05, 0) is 44.5 Å². The van der Waals surface area contributed by atoms with Gasteiger partial charge in [0.05, 0.1) is 63.5 Å². The van der Waals surface area contributed by atoms with E-state index in [2.05, 4.69) is 16.0 Å². The zero-order valence-corrected chi connectivity index (χ0v) is 21.5. The maximum atomic E-state index is 13.1. The van der Waals surface area contributed by atoms with Crippen molar-refractivity contribution in [1.82, 2.24) is 15.5 Å². The van der Waals surface area contributed by atoms with E-state index in [4.69, 9.17) is 18.9 Å². The van der Waals surface area contributed by atoms with Gasteiger partial charge < -0.3 is 29.6 Å². The van der Waals surface area contributed by atoms with E-state index in [1.54, 1.807) is 18.2 Å². The van der Waals surface area contributed by atoms with Crippen LogP contribution in [0.3, 0.4) is 0 Å². The Hall–Kier alpha value is -2.90. The zero-order chi connectivity index (χ0) is 26.7. The average Bonchev–Trinajstić information content (AvgIpc) is 3.17. The molecule has 208 valence electrons. The van der Waals surface area contributed by atoms with Crippen LogP contribution >= 0.6 is 0 Å². The van der Waals surface area contributed by atoms with E-state index in [0.29, 0.717) is 64.6 Å². The van der Waals surface area contributed by atoms with Crippen LogP contribution in [0, 0.1) is 0 Å². The highest BCUT2D eigenvalue weighted by Crippen LogP contribution is 2.32. The minimum absolute atomic E-state index is 0.0799. The molecule has 2 saturated heterocycles. The first-order chi connectivity index (χ1) is 18.6. The quantitative estimate of drug-likeness (QED) is 0.213. The van der Waals surface area contributed by atoms with Crippen molar-refractivity contribution >= 4 is 29.3 Å². The highest BCUT2D eigenvalue weighted by molar-refractivity contribution is 6.25. The molecule has 4 amide bonds. The maximum absolute atomic E-state index is 13.1. The molecule has 12 heteroatoms. The molecule has 12 nitrogen and oxygen atoms in total. The van der Waals surface area contributed by atoms with Crippen molar-refractivity contribution < 1.29 is 38.1 Å². The van der Waals surface area contributed by atoms with Gasteiger partial charge in [0.2, 0.25) is 11.8 Å². The number of fused-ring (bicyclic) bond motifs is 1. The number of benzene rings is 1. The molecule has 1 atom stereocenters. The van der Waals surface area contributed by atoms with E-state index in [-0.39, 0.29) is 24.0 Å². The monoisotopic (exact) mass is 532 g/mol. The van der Waals surface area contributed by atoms with E-state index < -0.39 is 29.7 Å². The lowest BCUT2D eigenvalue weighted by molar-refractivity contribution is -0.136. The maximum Gasteiger partial charge on any atom is 0.264 e. The number of nitrogens with zero attached hydrogens (tertiary/aromatic N) is 1. The van der Waals surface area contributed by atoms with Gasteiger partial charge in [-0.2, -0.15) is 0 Å². The first-order valence-corrected chi connectivity index (χ1v) is 13.2. The molecule has 0 radical (unpaired) electrons. The highest BCUT2D eigenvalue weighted by Gasteiger charge is 2.45. The van der Waals surface area contributed by atoms with Crippen molar-refractivity contribution in [2.45, 2.75) is 37.8 Å². The number of anilines is 1. The normalized spacial score (nSPS) is 20.1. The van der Waals surface area contributed by atoms with Gasteiger partial charge >= 0.3 is 0 Å². The Morgan fingerprint density at radius 1 is 0.842 bits per heavy atom. The number of carbonyl (C=O) groups excluding carboxylic acids is 4. The summed E-state index contributed by atoms with van der Waals surface area (Å²) < 4.78 is 22.4. The fraction of sp³-hybridized carbons (Fsp3) is 0.615. The number of hydrogen-bond donors (Lipinski definition) is 3. The molecular weight excluding hydrogens is 496 g/mol. The van der Waals surface area contributed by atoms with Crippen molar-refractivity contribution in [2.24, 2.45) is 0 Å². The molecule has 3 aliphatic heterocycles. The summed E-state index contributed by atoms with van der Waals surface area (Å²) in [5, 5.41) is 8.64. The number of rotatable bonds is 15. The van der Waals surface area contributed by atoms with Crippen LogP contribution in [0.4, 0.5) is 5.69 Å². The first kappa shape index (κ1) is 28.1. The minimum Gasteiger partial charge on any atom is -0.382 e. The van der Waals surface area contributed by atoms with E-state index in [1.807, 2.05) is 0 Å². The third kappa shape index (κ3) is 7.35. The van der Waals surface area contributed by atoms with Gasteiger partial charge in [0, 0.05) is 18.7 Å². The number of hydrogen-bond acceptors (Lipinski definition) is 10. The third-order valence-corrected chi connectivity index (χ3v) is 6.64. The van der Waals surface area contributed by atoms with Gasteiger partial charge in [-0.25, -0.2) is 0 Å². The fourth-order valence-electron chi connectivity index (χ4n) is 4.70. The van der Waals surface area contributed by atoms with Crippen LogP contribution in [0.2, 0.25) is 0 Å². The summed E-state index contributed by atoms with van der Waals surface area (Å²) in [6.07, 6.45) is 2.63. The summed E-state index contributed by atoms with van der Waals surface area (Å²) in [7, 11) is 0. The molecule has 3 N–H and O–H groups in total. The molecule has 0 aromatic heterocycles. The number of piperidine rings is 2. The molecule has 0 aliphatic carbocycles. The SMILES string of the molecule is O=C1CCC(N2C(=O)c3cccc(NCCOCCOCCOCCOC4CCNCC4)c3C2=O)C(=O)N1. The van der Waals surface area contributed by atoms with E-state index >= 15 is 0 Å². The smallest absolute Gasteiger partial charge is 0.264 e. The Kier molecular flexibility index (Phi) is 10.6. The Morgan fingerprint density at radius 2 is 1.53 bits per heavy atom. The van der Waals surface area contributed by atoms with E-state index in [1.165, 1.54) is 0 Å². The molecule has 1 aromatic carbocycles. The topological polar surface area (TPSA) is 145 Å². The average molecular weight is 533 g/mol. The van der Waals surface area contributed by atoms with Gasteiger partial charge in [0.15, 0.2) is 0 Å². The molecule has 38 heavy (non-hydrogen) atoms. The number of nitrogens with one attached hydrogen (secondary N) is 3. The molecule has 0 saturated carbocycles. The van der Waals surface area contributed by atoms with Crippen LogP contribution in [0.1, 0.15) is 46.4 Å². The van der Waals surface area contributed by atoms with Gasteiger partial charge in [-0.3, -0.25) is 29.4 Å². The lowest BCUT2D eigenvalue weighted by atomic mass is 10.0. The second-order valence-corrected chi connectivity index (χ2v) is 9.26. The van der Waals surface area contributed by atoms with Gasteiger partial charge in [0.1, 0.15) is 6.04 Å². The number of carbonyl (C=O) groups is 4. The van der Waals surface area contributed by atoms with Gasteiger partial charge in [-0.1, -0.05) is 6.07 Å². The second-order valence-electron chi connectivity index (χ2n) is 9.26. The van der Waals surface area contributed by atoms with Crippen LogP contribution in [-0.2, 0) is 28.5 Å². The van der Waals surface area contributed by atoms with Crippen molar-refractivity contribution in [2.75, 3.05) is 71.2 Å². The Morgan fingerprint density at radius 3 is 2.24 bits per heavy atom. The van der Waals surface area contributed by atoms with Gasteiger partial charge in [-0.15, -0.1) is 0 Å². The minimum atomic E-state index is -0.991. The molecule has 2 fully saturated rings. The molecule has 4 rings (SSSR count). The number of ether oxygens (including phenoxy) is 4. The Labute approximate surface area is 221 Å². The van der Waals surface area contributed by atoms with Crippen LogP contribution in [0.5, 0.6) is 0 Å². The highest BCUT2D eigenvalue weighted by atomic mass is 16.6. The molecule has 0 bridgehead atoms. The summed E-state index contributed by atoms with van der Waals surface area (Å²) in [5.41, 5.74) is 0.961. The summed E-state index contributed by atoms with van der Waals surface area (Å²) in [6, 6.07) is 3.95. The lowest BCUT2D eigenvalue weighted by Crippen LogP contribution is -2.54. The molecule has 0 spiro atoms. The van der Waals surface area contributed by atoms with Crippen molar-refractivity contribution in [3.8, 4) is 0 Å². The molecule has 3 heterocycles. The number of amides is 4. The van der Waals surface area contributed by atoms with Crippen LogP contribution in [0.25, 0.3) is 0 Å². The van der Waals surface area contributed by atoms with Crippen molar-refractivity contribution in [3.05, 3.63) is 29.3 Å². The van der Waals surface area contributed by atoms with E-state index in [0.717, 1.165) is 30.8 Å². The molecule has 1 unspecified atom stereocenters. The van der Waals surface area contributed by atoms with Gasteiger partial charge in [0.25, 0.3) is 11.8 Å². The predicted octanol–water partition coefficient (Wildman–Crippen LogP) is 0.318. The van der Waals surface area contributed by atoms with Crippen LogP contribution in [-0.4, -0.2) is 107 Å². The lowest BCUT2D eigenvalue weighted by Gasteiger charge is -2.27. The number of imide groups is 2. The zero-order valence-electron chi connectivity index (χ0n) is 21.5. The largest absolute Gasteiger partial charge is 0.382 e. The predicted molar refractivity (Wildman–Crippen MR) is 136 cm³/mol. The van der Waals surface area contributed by atoms with Crippen LogP contribution < -0.4 is 16.0 Å². The second kappa shape index (κ2) is 14.3. The Balaban J connectivity index is 1.08. The Bertz CT molecular complexity index is 997. The summed E-state index contributed by atoms with van der Waals surface area (Å²) in [5.74, 6) is -2.11.